The summed E-state index contributed by atoms with van der Waals surface area (Å²) in [6.45, 7) is 1.65. The van der Waals surface area contributed by atoms with Crippen LogP contribution in [0.2, 0.25) is 10.0 Å². The van der Waals surface area contributed by atoms with Gasteiger partial charge in [0.1, 0.15) is 12.4 Å². The number of hydrazone groups is 1. The topological polar surface area (TPSA) is 111 Å². The van der Waals surface area contributed by atoms with Crippen molar-refractivity contribution in [3.63, 3.8) is 0 Å². The van der Waals surface area contributed by atoms with Crippen molar-refractivity contribution < 1.29 is 18.1 Å². The van der Waals surface area contributed by atoms with Crippen LogP contribution in [0.1, 0.15) is 11.1 Å². The van der Waals surface area contributed by atoms with Gasteiger partial charge >= 0.3 is 0 Å². The number of nitrogens with one attached hydrogen (secondary N) is 1. The fourth-order valence-electron chi connectivity index (χ4n) is 2.50. The van der Waals surface area contributed by atoms with Crippen LogP contribution in [0.3, 0.4) is 0 Å². The highest BCUT2D eigenvalue weighted by molar-refractivity contribution is 7.89. The number of ether oxygens (including phenoxy) is 1. The zero-order chi connectivity index (χ0) is 20.5. The van der Waals surface area contributed by atoms with Crippen LogP contribution in [0.15, 0.2) is 45.9 Å². The van der Waals surface area contributed by atoms with Gasteiger partial charge in [-0.15, -0.1) is 0 Å². The van der Waals surface area contributed by atoms with E-state index in [0.29, 0.717) is 32.5 Å². The molecule has 0 aliphatic carbocycles. The van der Waals surface area contributed by atoms with Crippen molar-refractivity contribution in [2.24, 2.45) is 5.10 Å². The molecule has 1 heterocycles. The Kier molecular flexibility index (Phi) is 5.59. The smallest absolute Gasteiger partial charge is 0.276 e. The van der Waals surface area contributed by atoms with Crippen LogP contribution in [0.25, 0.3) is 6.08 Å². The molecule has 146 valence electrons. The maximum atomic E-state index is 12.3. The van der Waals surface area contributed by atoms with Gasteiger partial charge in [0.05, 0.1) is 21.1 Å². The second-order valence-electron chi connectivity index (χ2n) is 5.87. The van der Waals surface area contributed by atoms with Gasteiger partial charge in [0.2, 0.25) is 0 Å². The summed E-state index contributed by atoms with van der Waals surface area (Å²) in [5.41, 5.74) is 1.28. The average molecular weight is 442 g/mol. The van der Waals surface area contributed by atoms with Crippen LogP contribution in [0.4, 0.5) is 5.69 Å². The Morgan fingerprint density at radius 2 is 2.04 bits per heavy atom. The number of hydrogen-bond acceptors (Lipinski definition) is 6. The fourth-order valence-corrected chi connectivity index (χ4v) is 3.87. The van der Waals surface area contributed by atoms with E-state index < -0.39 is 14.9 Å². The minimum absolute atomic E-state index is 0.135. The van der Waals surface area contributed by atoms with Gasteiger partial charge in [0.15, 0.2) is 0 Å². The molecule has 1 aliphatic rings. The zero-order valence-electron chi connectivity index (χ0n) is 14.3. The standard InChI is InChI=1S/C17H13Cl2N3O5S/c1-10-2-3-14(7-16(10)22(23)24)28(25,26)21-20-8-11-4-12-5-13(18)6-15(19)17(12)27-9-11/h2-8,21H,9H2,1H3. The molecular formula is C17H13Cl2N3O5S. The minimum atomic E-state index is -4.07. The number of benzene rings is 2. The second-order valence-corrected chi connectivity index (χ2v) is 8.38. The van der Waals surface area contributed by atoms with E-state index in [0.717, 1.165) is 6.07 Å². The highest BCUT2D eigenvalue weighted by Gasteiger charge is 2.19. The molecular weight excluding hydrogens is 429 g/mol. The third kappa shape index (κ3) is 4.27. The predicted molar refractivity (Wildman–Crippen MR) is 107 cm³/mol. The summed E-state index contributed by atoms with van der Waals surface area (Å²) in [5.74, 6) is 0.482. The van der Waals surface area contributed by atoms with E-state index in [1.807, 2.05) is 4.83 Å². The molecule has 1 N–H and O–H groups in total. The highest BCUT2D eigenvalue weighted by Crippen LogP contribution is 2.36. The van der Waals surface area contributed by atoms with E-state index in [9.17, 15) is 18.5 Å². The number of nitrogens with zero attached hydrogens (tertiary/aromatic N) is 2. The lowest BCUT2D eigenvalue weighted by atomic mass is 10.1. The van der Waals surface area contributed by atoms with Gasteiger partial charge in [-0.25, -0.2) is 4.83 Å². The molecule has 0 aromatic heterocycles. The third-order valence-electron chi connectivity index (χ3n) is 3.85. The summed E-state index contributed by atoms with van der Waals surface area (Å²) in [4.78, 5) is 12.1. The number of fused-ring (bicyclic) bond motifs is 1. The summed E-state index contributed by atoms with van der Waals surface area (Å²) >= 11 is 12.0. The van der Waals surface area contributed by atoms with Crippen molar-refractivity contribution in [3.05, 3.63) is 67.2 Å². The van der Waals surface area contributed by atoms with E-state index in [1.54, 1.807) is 18.2 Å². The third-order valence-corrected chi connectivity index (χ3v) is 5.57. The fraction of sp³-hybridized carbons (Fsp3) is 0.118. The lowest BCUT2D eigenvalue weighted by molar-refractivity contribution is -0.385. The van der Waals surface area contributed by atoms with Crippen molar-refractivity contribution >= 4 is 51.2 Å². The lowest BCUT2D eigenvalue weighted by Crippen LogP contribution is -2.19. The number of aryl methyl sites for hydroxylation is 1. The van der Waals surface area contributed by atoms with Gasteiger partial charge in [0.25, 0.3) is 15.7 Å². The van der Waals surface area contributed by atoms with Gasteiger partial charge in [-0.05, 0) is 31.2 Å². The molecule has 0 spiro atoms. The molecule has 0 unspecified atom stereocenters. The monoisotopic (exact) mass is 441 g/mol. The lowest BCUT2D eigenvalue weighted by Gasteiger charge is -2.17. The van der Waals surface area contributed by atoms with Crippen molar-refractivity contribution in [3.8, 4) is 5.75 Å². The second kappa shape index (κ2) is 7.78. The molecule has 11 heteroatoms. The van der Waals surface area contributed by atoms with Crippen LogP contribution in [0, 0.1) is 17.0 Å². The van der Waals surface area contributed by atoms with E-state index in [-0.39, 0.29) is 17.2 Å². The number of halogens is 2. The zero-order valence-corrected chi connectivity index (χ0v) is 16.7. The minimum Gasteiger partial charge on any atom is -0.487 e. The molecule has 28 heavy (non-hydrogen) atoms. The summed E-state index contributed by atoms with van der Waals surface area (Å²) in [7, 11) is -4.07. The Bertz CT molecular complexity index is 1130. The van der Waals surface area contributed by atoms with Crippen LogP contribution in [0.5, 0.6) is 5.75 Å². The quantitative estimate of drug-likeness (QED) is 0.428. The summed E-state index contributed by atoms with van der Waals surface area (Å²) in [6.07, 6.45) is 2.99. The van der Waals surface area contributed by atoms with Gasteiger partial charge in [0, 0.05) is 27.8 Å². The number of nitro benzene ring substituents is 1. The van der Waals surface area contributed by atoms with E-state index in [2.05, 4.69) is 5.10 Å². The first kappa shape index (κ1) is 20.1. The Morgan fingerprint density at radius 3 is 2.75 bits per heavy atom. The molecule has 3 rings (SSSR count). The largest absolute Gasteiger partial charge is 0.487 e. The maximum absolute atomic E-state index is 12.3. The van der Waals surface area contributed by atoms with Crippen LogP contribution < -0.4 is 9.57 Å². The first-order chi connectivity index (χ1) is 13.2. The molecule has 0 radical (unpaired) electrons. The highest BCUT2D eigenvalue weighted by atomic mass is 35.5. The van der Waals surface area contributed by atoms with E-state index in [1.165, 1.54) is 25.3 Å². The molecule has 8 nitrogen and oxygen atoms in total. The first-order valence-corrected chi connectivity index (χ1v) is 10.0. The van der Waals surface area contributed by atoms with Gasteiger partial charge in [-0.2, -0.15) is 13.5 Å². The molecule has 0 amide bonds. The van der Waals surface area contributed by atoms with Crippen molar-refractivity contribution in [1.29, 1.82) is 0 Å². The Labute approximate surface area is 170 Å². The van der Waals surface area contributed by atoms with Crippen molar-refractivity contribution in [1.82, 2.24) is 4.83 Å². The Balaban J connectivity index is 1.80. The van der Waals surface area contributed by atoms with Gasteiger partial charge in [-0.3, -0.25) is 10.1 Å². The van der Waals surface area contributed by atoms with Crippen molar-refractivity contribution in [2.45, 2.75) is 11.8 Å². The maximum Gasteiger partial charge on any atom is 0.276 e. The Morgan fingerprint density at radius 1 is 1.29 bits per heavy atom. The molecule has 0 atom stereocenters. The SMILES string of the molecule is Cc1ccc(S(=O)(=O)NN=CC2=Cc3cc(Cl)cc(Cl)c3OC2)cc1[N+](=O)[O-]. The Hall–Kier alpha value is -2.62. The first-order valence-electron chi connectivity index (χ1n) is 7.80. The average Bonchev–Trinajstić information content (AvgIpc) is 2.61. The number of sulfonamides is 1. The van der Waals surface area contributed by atoms with Gasteiger partial charge in [-0.1, -0.05) is 29.3 Å². The normalized spacial score (nSPS) is 13.6. The summed E-state index contributed by atoms with van der Waals surface area (Å²) in [5, 5.41) is 15.5. The van der Waals surface area contributed by atoms with E-state index in [4.69, 9.17) is 27.9 Å². The number of rotatable bonds is 5. The molecule has 0 bridgehead atoms. The number of nitro groups is 1. The summed E-state index contributed by atoms with van der Waals surface area (Å²) < 4.78 is 30.2. The van der Waals surface area contributed by atoms with Crippen LogP contribution >= 0.6 is 23.2 Å². The summed E-state index contributed by atoms with van der Waals surface area (Å²) in [6, 6.07) is 6.83. The van der Waals surface area contributed by atoms with E-state index >= 15 is 0 Å². The van der Waals surface area contributed by atoms with Crippen LogP contribution in [-0.4, -0.2) is 26.2 Å². The molecule has 1 aliphatic heterocycles. The molecule has 0 saturated heterocycles. The molecule has 0 fully saturated rings. The number of hydrogen-bond donors (Lipinski definition) is 1. The molecule has 0 saturated carbocycles. The van der Waals surface area contributed by atoms with Gasteiger partial charge < -0.3 is 4.74 Å². The molecule has 2 aromatic rings. The molecule has 2 aromatic carbocycles. The van der Waals surface area contributed by atoms with Crippen LogP contribution in [-0.2, 0) is 10.0 Å². The van der Waals surface area contributed by atoms with Crippen molar-refractivity contribution in [2.75, 3.05) is 6.61 Å². The predicted octanol–water partition coefficient (Wildman–Crippen LogP) is 3.95.